The third kappa shape index (κ3) is 1.81. The summed E-state index contributed by atoms with van der Waals surface area (Å²) in [6, 6.07) is 1.02. The van der Waals surface area contributed by atoms with E-state index in [1.54, 1.807) is 0 Å². The standard InChI is InChI=1S/C10H9FO4/c1-4-3-6(9(12)13)7(10(14)15)5(2)8(4)11/h3H,1-2H3,(H,12,13)(H,14,15). The van der Waals surface area contributed by atoms with Gasteiger partial charge in [0.2, 0.25) is 0 Å². The van der Waals surface area contributed by atoms with Crippen LogP contribution in [-0.4, -0.2) is 22.2 Å². The minimum Gasteiger partial charge on any atom is -0.478 e. The highest BCUT2D eigenvalue weighted by molar-refractivity contribution is 6.02. The highest BCUT2D eigenvalue weighted by atomic mass is 19.1. The Morgan fingerprint density at radius 1 is 1.20 bits per heavy atom. The molecule has 0 aliphatic rings. The van der Waals surface area contributed by atoms with Gasteiger partial charge in [-0.25, -0.2) is 14.0 Å². The Balaban J connectivity index is 3.65. The smallest absolute Gasteiger partial charge is 0.336 e. The van der Waals surface area contributed by atoms with E-state index in [2.05, 4.69) is 0 Å². The van der Waals surface area contributed by atoms with Crippen molar-refractivity contribution in [2.45, 2.75) is 13.8 Å². The fraction of sp³-hybridized carbons (Fsp3) is 0.200. The number of aryl methyl sites for hydroxylation is 1. The van der Waals surface area contributed by atoms with E-state index >= 15 is 0 Å². The second kappa shape index (κ2) is 3.68. The van der Waals surface area contributed by atoms with Crippen LogP contribution in [0.3, 0.4) is 0 Å². The van der Waals surface area contributed by atoms with E-state index in [0.717, 1.165) is 6.07 Å². The third-order valence-electron chi connectivity index (χ3n) is 2.12. The van der Waals surface area contributed by atoms with Crippen molar-refractivity contribution in [3.05, 3.63) is 34.1 Å². The maximum absolute atomic E-state index is 13.3. The minimum absolute atomic E-state index is 0.120. The SMILES string of the molecule is Cc1cc(C(=O)O)c(C(=O)O)c(C)c1F. The summed E-state index contributed by atoms with van der Waals surface area (Å²) in [7, 11) is 0. The average molecular weight is 212 g/mol. The van der Waals surface area contributed by atoms with Gasteiger partial charge in [0.05, 0.1) is 11.1 Å². The summed E-state index contributed by atoms with van der Waals surface area (Å²) in [5.74, 6) is -3.50. The molecule has 4 nitrogen and oxygen atoms in total. The summed E-state index contributed by atoms with van der Waals surface area (Å²) >= 11 is 0. The van der Waals surface area contributed by atoms with Crippen molar-refractivity contribution >= 4 is 11.9 Å². The first-order valence-corrected chi connectivity index (χ1v) is 4.12. The Hall–Kier alpha value is -1.91. The van der Waals surface area contributed by atoms with Gasteiger partial charge in [-0.05, 0) is 25.5 Å². The lowest BCUT2D eigenvalue weighted by molar-refractivity contribution is 0.0650. The Morgan fingerprint density at radius 3 is 2.13 bits per heavy atom. The topological polar surface area (TPSA) is 74.6 Å². The van der Waals surface area contributed by atoms with Crippen molar-refractivity contribution in [3.8, 4) is 0 Å². The van der Waals surface area contributed by atoms with E-state index < -0.39 is 23.3 Å². The summed E-state index contributed by atoms with van der Waals surface area (Å²) in [6.07, 6.45) is 0. The van der Waals surface area contributed by atoms with Gasteiger partial charge >= 0.3 is 11.9 Å². The van der Waals surface area contributed by atoms with Crippen molar-refractivity contribution < 1.29 is 24.2 Å². The molecule has 5 heteroatoms. The number of rotatable bonds is 2. The summed E-state index contributed by atoms with van der Waals surface area (Å²) in [5.41, 5.74) is -0.917. The summed E-state index contributed by atoms with van der Waals surface area (Å²) in [5, 5.41) is 17.5. The largest absolute Gasteiger partial charge is 0.478 e. The summed E-state index contributed by atoms with van der Waals surface area (Å²) in [4.78, 5) is 21.5. The lowest BCUT2D eigenvalue weighted by Crippen LogP contribution is -2.12. The second-order valence-electron chi connectivity index (χ2n) is 3.17. The molecule has 1 aromatic rings. The molecule has 0 aliphatic carbocycles. The van der Waals surface area contributed by atoms with Crippen LogP contribution in [0, 0.1) is 19.7 Å². The number of carboxylic acids is 2. The molecule has 1 aromatic carbocycles. The third-order valence-corrected chi connectivity index (χ3v) is 2.12. The number of carboxylic acid groups (broad SMARTS) is 2. The van der Waals surface area contributed by atoms with Crippen molar-refractivity contribution in [2.75, 3.05) is 0 Å². The Bertz CT molecular complexity index is 451. The molecular formula is C10H9FO4. The van der Waals surface area contributed by atoms with E-state index in [1.165, 1.54) is 13.8 Å². The molecule has 0 amide bonds. The van der Waals surface area contributed by atoms with Gasteiger partial charge in [0.1, 0.15) is 5.82 Å². The number of benzene rings is 1. The molecule has 0 bridgehead atoms. The number of hydrogen-bond acceptors (Lipinski definition) is 2. The number of hydrogen-bond donors (Lipinski definition) is 2. The highest BCUT2D eigenvalue weighted by Gasteiger charge is 2.22. The van der Waals surface area contributed by atoms with Gasteiger partial charge in [-0.3, -0.25) is 0 Å². The van der Waals surface area contributed by atoms with Crippen LogP contribution in [0.5, 0.6) is 0 Å². The van der Waals surface area contributed by atoms with Gasteiger partial charge in [-0.1, -0.05) is 0 Å². The molecule has 1 rings (SSSR count). The summed E-state index contributed by atoms with van der Waals surface area (Å²) < 4.78 is 13.3. The molecule has 0 fully saturated rings. The molecule has 0 heterocycles. The minimum atomic E-state index is -1.44. The van der Waals surface area contributed by atoms with Crippen molar-refractivity contribution in [2.24, 2.45) is 0 Å². The lowest BCUT2D eigenvalue weighted by atomic mass is 9.98. The highest BCUT2D eigenvalue weighted by Crippen LogP contribution is 2.21. The fourth-order valence-corrected chi connectivity index (χ4v) is 1.40. The van der Waals surface area contributed by atoms with Crippen LogP contribution >= 0.6 is 0 Å². The molecule has 0 aromatic heterocycles. The van der Waals surface area contributed by atoms with Gasteiger partial charge in [-0.15, -0.1) is 0 Å². The lowest BCUT2D eigenvalue weighted by Gasteiger charge is -2.08. The zero-order valence-corrected chi connectivity index (χ0v) is 8.17. The first kappa shape index (κ1) is 11.2. The van der Waals surface area contributed by atoms with Gasteiger partial charge in [0.15, 0.2) is 0 Å². The van der Waals surface area contributed by atoms with Crippen LogP contribution in [0.2, 0.25) is 0 Å². The Labute approximate surface area is 85.0 Å². The molecule has 80 valence electrons. The molecule has 15 heavy (non-hydrogen) atoms. The molecule has 0 saturated carbocycles. The van der Waals surface area contributed by atoms with Gasteiger partial charge in [0, 0.05) is 5.56 Å². The van der Waals surface area contributed by atoms with E-state index in [4.69, 9.17) is 10.2 Å². The molecule has 0 radical (unpaired) electrons. The van der Waals surface area contributed by atoms with Crippen LogP contribution in [-0.2, 0) is 0 Å². The van der Waals surface area contributed by atoms with Crippen molar-refractivity contribution in [1.82, 2.24) is 0 Å². The maximum Gasteiger partial charge on any atom is 0.336 e. The number of halogens is 1. The van der Waals surface area contributed by atoms with Gasteiger partial charge in [0.25, 0.3) is 0 Å². The van der Waals surface area contributed by atoms with Gasteiger partial charge < -0.3 is 10.2 Å². The van der Waals surface area contributed by atoms with Crippen LogP contribution in [0.1, 0.15) is 31.8 Å². The molecule has 0 unspecified atom stereocenters. The first-order valence-electron chi connectivity index (χ1n) is 4.12. The fourth-order valence-electron chi connectivity index (χ4n) is 1.40. The van der Waals surface area contributed by atoms with E-state index in [1.807, 2.05) is 0 Å². The normalized spacial score (nSPS) is 10.1. The first-order chi connectivity index (χ1) is 6.86. The van der Waals surface area contributed by atoms with Crippen molar-refractivity contribution in [3.63, 3.8) is 0 Å². The molecule has 0 spiro atoms. The molecular weight excluding hydrogens is 203 g/mol. The Morgan fingerprint density at radius 2 is 1.73 bits per heavy atom. The predicted molar refractivity (Wildman–Crippen MR) is 49.8 cm³/mol. The summed E-state index contributed by atoms with van der Waals surface area (Å²) in [6.45, 7) is 2.64. The molecule has 0 aliphatic heterocycles. The molecule has 0 saturated heterocycles. The van der Waals surface area contributed by atoms with E-state index in [-0.39, 0.29) is 16.7 Å². The molecule has 2 N–H and O–H groups in total. The average Bonchev–Trinajstić information content (AvgIpc) is 2.12. The zero-order chi connectivity index (χ0) is 11.7. The van der Waals surface area contributed by atoms with E-state index in [0.29, 0.717) is 0 Å². The van der Waals surface area contributed by atoms with Crippen molar-refractivity contribution in [1.29, 1.82) is 0 Å². The zero-order valence-electron chi connectivity index (χ0n) is 8.17. The van der Waals surface area contributed by atoms with Crippen LogP contribution in [0.4, 0.5) is 4.39 Å². The second-order valence-corrected chi connectivity index (χ2v) is 3.17. The monoisotopic (exact) mass is 212 g/mol. The van der Waals surface area contributed by atoms with E-state index in [9.17, 15) is 14.0 Å². The number of carbonyl (C=O) groups is 2. The van der Waals surface area contributed by atoms with Crippen LogP contribution in [0.15, 0.2) is 6.07 Å². The quantitative estimate of drug-likeness (QED) is 0.784. The van der Waals surface area contributed by atoms with Gasteiger partial charge in [-0.2, -0.15) is 0 Å². The van der Waals surface area contributed by atoms with Crippen LogP contribution < -0.4 is 0 Å². The van der Waals surface area contributed by atoms with Crippen LogP contribution in [0.25, 0.3) is 0 Å². The number of aromatic carboxylic acids is 2. The Kier molecular flexibility index (Phi) is 2.74. The predicted octanol–water partition coefficient (Wildman–Crippen LogP) is 1.84. The maximum atomic E-state index is 13.3. The molecule has 0 atom stereocenters.